The maximum absolute atomic E-state index is 13.1. The van der Waals surface area contributed by atoms with Gasteiger partial charge < -0.3 is 10.3 Å². The number of hydrogen-bond acceptors (Lipinski definition) is 2. The van der Waals surface area contributed by atoms with E-state index in [1.165, 1.54) is 55.3 Å². The number of aromatic nitrogens is 1. The number of aryl methyl sites for hydroxylation is 2. The van der Waals surface area contributed by atoms with Crippen LogP contribution in [0.3, 0.4) is 0 Å². The Labute approximate surface area is 149 Å². The Bertz CT molecular complexity index is 809. The Hall–Kier alpha value is -1.81. The van der Waals surface area contributed by atoms with Crippen molar-refractivity contribution >= 4 is 16.8 Å². The first-order valence-electron chi connectivity index (χ1n) is 9.98. The molecule has 5 rings (SSSR count). The summed E-state index contributed by atoms with van der Waals surface area (Å²) in [6.45, 7) is 2.34. The number of carbonyl (C=O) groups is 1. The lowest BCUT2D eigenvalue weighted by atomic mass is 9.95. The number of aromatic amines is 1. The summed E-state index contributed by atoms with van der Waals surface area (Å²) in [6.07, 6.45) is 9.69. The molecule has 0 radical (unpaired) electrons. The average molecular weight is 337 g/mol. The summed E-state index contributed by atoms with van der Waals surface area (Å²) >= 11 is 0. The zero-order valence-corrected chi connectivity index (χ0v) is 14.8. The van der Waals surface area contributed by atoms with Crippen molar-refractivity contribution in [3.63, 3.8) is 0 Å². The fraction of sp³-hybridized carbons (Fsp3) is 0.571. The van der Waals surface area contributed by atoms with Gasteiger partial charge in [-0.1, -0.05) is 18.6 Å². The number of fused-ring (bicyclic) bond motifs is 4. The van der Waals surface area contributed by atoms with Crippen molar-refractivity contribution < 1.29 is 4.79 Å². The summed E-state index contributed by atoms with van der Waals surface area (Å²) in [4.78, 5) is 19.2. The predicted octanol–water partition coefficient (Wildman–Crippen LogP) is 3.40. The summed E-state index contributed by atoms with van der Waals surface area (Å²) in [7, 11) is 0. The second-order valence-corrected chi connectivity index (χ2v) is 7.99. The normalized spacial score (nSPS) is 26.4. The molecule has 2 N–H and O–H groups in total. The summed E-state index contributed by atoms with van der Waals surface area (Å²) in [5.74, 6) is 0.0987. The van der Waals surface area contributed by atoms with Crippen LogP contribution in [0.1, 0.15) is 60.1 Å². The topological polar surface area (TPSA) is 48.1 Å². The first-order chi connectivity index (χ1) is 12.3. The molecule has 4 heteroatoms. The molecule has 0 saturated carbocycles. The van der Waals surface area contributed by atoms with E-state index in [1.807, 2.05) is 12.1 Å². The minimum atomic E-state index is 0.0987. The van der Waals surface area contributed by atoms with E-state index in [1.54, 1.807) is 0 Å². The molecule has 1 aromatic carbocycles. The Morgan fingerprint density at radius 1 is 1.08 bits per heavy atom. The third kappa shape index (κ3) is 2.58. The van der Waals surface area contributed by atoms with Gasteiger partial charge in [0.1, 0.15) is 0 Å². The molecular formula is C21H27N3O. The maximum Gasteiger partial charge on any atom is 0.253 e. The highest BCUT2D eigenvalue weighted by Gasteiger charge is 2.36. The van der Waals surface area contributed by atoms with E-state index >= 15 is 0 Å². The van der Waals surface area contributed by atoms with Crippen LogP contribution in [0.4, 0.5) is 0 Å². The summed E-state index contributed by atoms with van der Waals surface area (Å²) in [6, 6.07) is 7.06. The number of rotatable bonds is 2. The van der Waals surface area contributed by atoms with E-state index in [2.05, 4.69) is 21.3 Å². The van der Waals surface area contributed by atoms with E-state index < -0.39 is 0 Å². The standard InChI is InChI=1S/C21H27N3O/c25-21(23-18-11-13-24-12-4-3-10-19(18)24)16-8-5-7-15-14-6-1-2-9-17(14)22-20(15)16/h5,7-8,18-19,22H,1-4,6,9-13H2,(H,23,25)/t18-,19+/m0/s1. The Morgan fingerprint density at radius 3 is 2.96 bits per heavy atom. The van der Waals surface area contributed by atoms with Crippen LogP contribution in [-0.4, -0.2) is 41.0 Å². The number of nitrogens with one attached hydrogen (secondary N) is 2. The highest BCUT2D eigenvalue weighted by molar-refractivity contribution is 6.07. The van der Waals surface area contributed by atoms with Gasteiger partial charge >= 0.3 is 0 Å². The van der Waals surface area contributed by atoms with Gasteiger partial charge in [-0.25, -0.2) is 0 Å². The second kappa shape index (κ2) is 6.17. The van der Waals surface area contributed by atoms with E-state index in [0.717, 1.165) is 36.9 Å². The van der Waals surface area contributed by atoms with Gasteiger partial charge in [0.2, 0.25) is 0 Å². The van der Waals surface area contributed by atoms with Crippen LogP contribution in [0.2, 0.25) is 0 Å². The lowest BCUT2D eigenvalue weighted by Crippen LogP contribution is -2.46. The van der Waals surface area contributed by atoms with Gasteiger partial charge in [-0.2, -0.15) is 0 Å². The molecule has 1 amide bonds. The maximum atomic E-state index is 13.1. The molecular weight excluding hydrogens is 310 g/mol. The molecule has 1 aliphatic carbocycles. The molecule has 2 fully saturated rings. The quantitative estimate of drug-likeness (QED) is 0.882. The van der Waals surface area contributed by atoms with Gasteiger partial charge in [-0.15, -0.1) is 0 Å². The molecule has 2 saturated heterocycles. The van der Waals surface area contributed by atoms with Crippen LogP contribution in [-0.2, 0) is 12.8 Å². The van der Waals surface area contributed by atoms with E-state index in [4.69, 9.17) is 0 Å². The van der Waals surface area contributed by atoms with Crippen LogP contribution in [0, 0.1) is 0 Å². The number of hydrogen-bond donors (Lipinski definition) is 2. The summed E-state index contributed by atoms with van der Waals surface area (Å²) in [5.41, 5.74) is 4.66. The number of amides is 1. The minimum absolute atomic E-state index is 0.0987. The first kappa shape index (κ1) is 15.4. The molecule has 3 heterocycles. The van der Waals surface area contributed by atoms with Gasteiger partial charge in [-0.05, 0) is 63.1 Å². The smallest absolute Gasteiger partial charge is 0.253 e. The Morgan fingerprint density at radius 2 is 2.00 bits per heavy atom. The number of para-hydroxylation sites is 1. The molecule has 0 spiro atoms. The monoisotopic (exact) mass is 337 g/mol. The highest BCUT2D eigenvalue weighted by atomic mass is 16.1. The van der Waals surface area contributed by atoms with Gasteiger partial charge in [0.05, 0.1) is 11.1 Å². The van der Waals surface area contributed by atoms with Crippen molar-refractivity contribution in [2.75, 3.05) is 13.1 Å². The molecule has 1 aromatic heterocycles. The second-order valence-electron chi connectivity index (χ2n) is 7.99. The van der Waals surface area contributed by atoms with Gasteiger partial charge in [-0.3, -0.25) is 9.69 Å². The predicted molar refractivity (Wildman–Crippen MR) is 100 cm³/mol. The van der Waals surface area contributed by atoms with Gasteiger partial charge in [0, 0.05) is 29.7 Å². The fourth-order valence-electron chi connectivity index (χ4n) is 5.28. The lowest BCUT2D eigenvalue weighted by molar-refractivity contribution is 0.0917. The minimum Gasteiger partial charge on any atom is -0.358 e. The molecule has 2 aromatic rings. The van der Waals surface area contributed by atoms with Crippen molar-refractivity contribution in [3.05, 3.63) is 35.0 Å². The van der Waals surface area contributed by atoms with Gasteiger partial charge in [0.15, 0.2) is 0 Å². The number of benzene rings is 1. The van der Waals surface area contributed by atoms with Crippen molar-refractivity contribution in [1.29, 1.82) is 0 Å². The lowest BCUT2D eigenvalue weighted by Gasteiger charge is -2.32. The number of carbonyl (C=O) groups excluding carboxylic acids is 1. The van der Waals surface area contributed by atoms with Crippen LogP contribution < -0.4 is 5.32 Å². The van der Waals surface area contributed by atoms with Gasteiger partial charge in [0.25, 0.3) is 5.91 Å². The number of H-pyrrole nitrogens is 1. The van der Waals surface area contributed by atoms with Crippen LogP contribution in [0.25, 0.3) is 10.9 Å². The molecule has 0 unspecified atom stereocenters. The van der Waals surface area contributed by atoms with Crippen LogP contribution in [0.15, 0.2) is 18.2 Å². The molecule has 25 heavy (non-hydrogen) atoms. The van der Waals surface area contributed by atoms with Crippen molar-refractivity contribution in [2.24, 2.45) is 0 Å². The number of piperidine rings is 1. The van der Waals surface area contributed by atoms with E-state index in [9.17, 15) is 4.79 Å². The fourth-order valence-corrected chi connectivity index (χ4v) is 5.28. The molecule has 4 nitrogen and oxygen atoms in total. The largest absolute Gasteiger partial charge is 0.358 e. The van der Waals surface area contributed by atoms with Crippen molar-refractivity contribution in [3.8, 4) is 0 Å². The molecule has 2 atom stereocenters. The zero-order chi connectivity index (χ0) is 16.8. The molecule has 2 aliphatic heterocycles. The Balaban J connectivity index is 1.43. The highest BCUT2D eigenvalue weighted by Crippen LogP contribution is 2.31. The van der Waals surface area contributed by atoms with Crippen molar-refractivity contribution in [1.82, 2.24) is 15.2 Å². The SMILES string of the molecule is O=C(N[C@H]1CCN2CCCC[C@H]12)c1cccc2c3c([nH]c12)CCCC3. The molecule has 3 aliphatic rings. The summed E-state index contributed by atoms with van der Waals surface area (Å²) in [5, 5.41) is 4.62. The van der Waals surface area contributed by atoms with E-state index in [-0.39, 0.29) is 5.91 Å². The average Bonchev–Trinajstić information content (AvgIpc) is 3.23. The van der Waals surface area contributed by atoms with Crippen LogP contribution in [0.5, 0.6) is 0 Å². The number of nitrogens with zero attached hydrogens (tertiary/aromatic N) is 1. The first-order valence-corrected chi connectivity index (χ1v) is 9.98. The Kier molecular flexibility index (Phi) is 3.81. The van der Waals surface area contributed by atoms with Crippen molar-refractivity contribution in [2.45, 2.75) is 63.5 Å². The molecule has 132 valence electrons. The summed E-state index contributed by atoms with van der Waals surface area (Å²) < 4.78 is 0. The third-order valence-corrected chi connectivity index (χ3v) is 6.55. The zero-order valence-electron chi connectivity index (χ0n) is 14.8. The molecule has 0 bridgehead atoms. The van der Waals surface area contributed by atoms with Crippen LogP contribution >= 0.6 is 0 Å². The van der Waals surface area contributed by atoms with E-state index in [0.29, 0.717) is 12.1 Å². The third-order valence-electron chi connectivity index (χ3n) is 6.55.